The fraction of sp³-hybridized carbons (Fsp3) is 0.345. The quantitative estimate of drug-likeness (QED) is 0.316. The van der Waals surface area contributed by atoms with Crippen LogP contribution in [-0.2, 0) is 16.6 Å². The van der Waals surface area contributed by atoms with Crippen molar-refractivity contribution in [1.29, 1.82) is 0 Å². The van der Waals surface area contributed by atoms with Gasteiger partial charge in [-0.2, -0.15) is 13.2 Å². The molecular formula is C29H24ClF6N3O3. The largest absolute Gasteiger partial charge is 0.419 e. The molecule has 2 amide bonds. The van der Waals surface area contributed by atoms with Crippen LogP contribution in [0.2, 0.25) is 5.02 Å². The Kier molecular flexibility index (Phi) is 7.97. The smallest absolute Gasteiger partial charge is 0.372 e. The van der Waals surface area contributed by atoms with Crippen LogP contribution in [0.4, 0.5) is 32.0 Å². The number of alkyl halides is 5. The molecule has 1 aromatic heterocycles. The van der Waals surface area contributed by atoms with E-state index in [9.17, 15) is 36.6 Å². The Balaban J connectivity index is 1.31. The van der Waals surface area contributed by atoms with Crippen LogP contribution in [0.3, 0.4) is 0 Å². The Labute approximate surface area is 241 Å². The van der Waals surface area contributed by atoms with Crippen LogP contribution in [0, 0.1) is 11.7 Å². The molecule has 1 saturated carbocycles. The van der Waals surface area contributed by atoms with Gasteiger partial charge < -0.3 is 15.3 Å². The van der Waals surface area contributed by atoms with Gasteiger partial charge in [0, 0.05) is 29.9 Å². The summed E-state index contributed by atoms with van der Waals surface area (Å²) in [6, 6.07) is 9.22. The SMILES string of the molecule is O=C(N[C@H]1CC[C@H](CN2C(=O)C(O)(c3cccc(C(F)(F)F)c3F)c3ccccc32)CC1)c1cc(Cl)cnc1C(F)F. The molecular weight excluding hydrogens is 588 g/mol. The lowest BCUT2D eigenvalue weighted by Gasteiger charge is -2.32. The van der Waals surface area contributed by atoms with Gasteiger partial charge in [-0.05, 0) is 49.8 Å². The molecule has 1 fully saturated rings. The maximum Gasteiger partial charge on any atom is 0.419 e. The zero-order chi connectivity index (χ0) is 30.4. The first-order valence-corrected chi connectivity index (χ1v) is 13.4. The summed E-state index contributed by atoms with van der Waals surface area (Å²) in [6.45, 7) is 0.0904. The van der Waals surface area contributed by atoms with Gasteiger partial charge in [0.1, 0.15) is 11.5 Å². The molecule has 0 bridgehead atoms. The average Bonchev–Trinajstić information content (AvgIpc) is 3.15. The minimum Gasteiger partial charge on any atom is -0.372 e. The van der Waals surface area contributed by atoms with Gasteiger partial charge in [-0.15, -0.1) is 0 Å². The predicted molar refractivity (Wildman–Crippen MR) is 141 cm³/mol. The van der Waals surface area contributed by atoms with Gasteiger partial charge in [0.15, 0.2) is 5.60 Å². The molecule has 0 radical (unpaired) electrons. The van der Waals surface area contributed by atoms with Crippen molar-refractivity contribution in [1.82, 2.24) is 10.3 Å². The molecule has 1 aliphatic carbocycles. The van der Waals surface area contributed by atoms with Gasteiger partial charge in [0.2, 0.25) is 0 Å². The Morgan fingerprint density at radius 3 is 2.43 bits per heavy atom. The van der Waals surface area contributed by atoms with Gasteiger partial charge in [0.25, 0.3) is 18.2 Å². The fourth-order valence-electron chi connectivity index (χ4n) is 5.72. The first-order chi connectivity index (χ1) is 19.8. The Bertz CT molecular complexity index is 1530. The monoisotopic (exact) mass is 611 g/mol. The predicted octanol–water partition coefficient (Wildman–Crippen LogP) is 6.40. The second-order valence-corrected chi connectivity index (χ2v) is 10.8. The Hall–Kier alpha value is -3.64. The highest BCUT2D eigenvalue weighted by Gasteiger charge is 2.53. The molecule has 42 heavy (non-hydrogen) atoms. The van der Waals surface area contributed by atoms with E-state index in [-0.39, 0.29) is 40.3 Å². The number of nitrogens with zero attached hydrogens (tertiary/aromatic N) is 2. The minimum absolute atomic E-state index is 0.0286. The molecule has 6 nitrogen and oxygen atoms in total. The number of benzene rings is 2. The molecule has 2 heterocycles. The van der Waals surface area contributed by atoms with Gasteiger partial charge in [-0.25, -0.2) is 13.2 Å². The third-order valence-corrected chi connectivity index (χ3v) is 8.00. The average molecular weight is 612 g/mol. The van der Waals surface area contributed by atoms with E-state index in [1.807, 2.05) is 0 Å². The van der Waals surface area contributed by atoms with Crippen LogP contribution in [0.1, 0.15) is 64.9 Å². The molecule has 2 aromatic carbocycles. The molecule has 0 saturated heterocycles. The highest BCUT2D eigenvalue weighted by Crippen LogP contribution is 2.47. The zero-order valence-electron chi connectivity index (χ0n) is 21.8. The first kappa shape index (κ1) is 29.8. The molecule has 3 aromatic rings. The highest BCUT2D eigenvalue weighted by molar-refractivity contribution is 6.30. The van der Waals surface area contributed by atoms with Gasteiger partial charge in [-0.1, -0.05) is 41.9 Å². The number of fused-ring (bicyclic) bond motifs is 1. The number of rotatable bonds is 6. The van der Waals surface area contributed by atoms with E-state index < -0.39 is 52.7 Å². The van der Waals surface area contributed by atoms with Crippen molar-refractivity contribution in [3.8, 4) is 0 Å². The van der Waals surface area contributed by atoms with Crippen molar-refractivity contribution >= 4 is 29.1 Å². The summed E-state index contributed by atoms with van der Waals surface area (Å²) >= 11 is 5.84. The molecule has 1 atom stereocenters. The summed E-state index contributed by atoms with van der Waals surface area (Å²) in [5.74, 6) is -3.56. The van der Waals surface area contributed by atoms with E-state index in [0.717, 1.165) is 24.4 Å². The van der Waals surface area contributed by atoms with Crippen LogP contribution in [-0.4, -0.2) is 34.5 Å². The molecule has 222 valence electrons. The third-order valence-electron chi connectivity index (χ3n) is 7.79. The van der Waals surface area contributed by atoms with Crippen LogP contribution in [0.5, 0.6) is 0 Å². The first-order valence-electron chi connectivity index (χ1n) is 13.1. The fourth-order valence-corrected chi connectivity index (χ4v) is 5.88. The number of pyridine rings is 1. The summed E-state index contributed by atoms with van der Waals surface area (Å²) in [7, 11) is 0. The lowest BCUT2D eigenvalue weighted by atomic mass is 9.85. The number of carbonyl (C=O) groups is 2. The number of halogens is 7. The minimum atomic E-state index is -5.03. The highest BCUT2D eigenvalue weighted by atomic mass is 35.5. The van der Waals surface area contributed by atoms with Gasteiger partial charge in [0.05, 0.1) is 21.8 Å². The number of hydrogen-bond acceptors (Lipinski definition) is 4. The maximum atomic E-state index is 15.1. The number of nitrogens with one attached hydrogen (secondary N) is 1. The molecule has 0 spiro atoms. The second kappa shape index (κ2) is 11.2. The lowest BCUT2D eigenvalue weighted by molar-refractivity contribution is -0.141. The van der Waals surface area contributed by atoms with E-state index in [1.54, 1.807) is 6.07 Å². The van der Waals surface area contributed by atoms with E-state index in [2.05, 4.69) is 10.3 Å². The van der Waals surface area contributed by atoms with Crippen molar-refractivity contribution in [3.63, 3.8) is 0 Å². The number of aromatic nitrogens is 1. The molecule has 2 N–H and O–H groups in total. The Morgan fingerprint density at radius 1 is 1.10 bits per heavy atom. The van der Waals surface area contributed by atoms with Crippen molar-refractivity contribution in [2.75, 3.05) is 11.4 Å². The summed E-state index contributed by atoms with van der Waals surface area (Å²) in [4.78, 5) is 31.2. The van der Waals surface area contributed by atoms with Crippen LogP contribution >= 0.6 is 11.6 Å². The molecule has 1 unspecified atom stereocenters. The number of carbonyl (C=O) groups excluding carboxylic acids is 2. The van der Waals surface area contributed by atoms with Gasteiger partial charge in [-0.3, -0.25) is 14.6 Å². The Morgan fingerprint density at radius 2 is 1.76 bits per heavy atom. The normalized spacial score (nSPS) is 22.4. The zero-order valence-corrected chi connectivity index (χ0v) is 22.5. The standard InChI is InChI=1S/C29H24ClF6N3O3/c30-16-12-18(24(25(32)33)37-13-16)26(40)38-17-10-8-15(9-11-17)14-39-22-7-2-1-4-19(22)28(42,27(39)41)20-5-3-6-21(23(20)31)29(34,35)36/h1-7,12-13,15,17,25,42H,8-11,14H2,(H,38,40)/t15-,17-,28?. The number of para-hydroxylation sites is 1. The second-order valence-electron chi connectivity index (χ2n) is 10.4. The molecule has 1 aliphatic heterocycles. The number of anilines is 1. The van der Waals surface area contributed by atoms with Gasteiger partial charge >= 0.3 is 6.18 Å². The third kappa shape index (κ3) is 5.33. The number of amides is 2. The molecule has 13 heteroatoms. The summed E-state index contributed by atoms with van der Waals surface area (Å²) in [5.41, 5.74) is -5.82. The molecule has 5 rings (SSSR count). The van der Waals surface area contributed by atoms with Crippen molar-refractivity contribution in [3.05, 3.63) is 93.5 Å². The van der Waals surface area contributed by atoms with E-state index in [1.165, 1.54) is 23.1 Å². The maximum absolute atomic E-state index is 15.1. The lowest BCUT2D eigenvalue weighted by Crippen LogP contribution is -2.45. The van der Waals surface area contributed by atoms with E-state index in [0.29, 0.717) is 31.7 Å². The summed E-state index contributed by atoms with van der Waals surface area (Å²) < 4.78 is 82.0. The van der Waals surface area contributed by atoms with Crippen molar-refractivity contribution < 1.29 is 41.0 Å². The number of aliphatic hydroxyl groups is 1. The van der Waals surface area contributed by atoms with Crippen molar-refractivity contribution in [2.24, 2.45) is 5.92 Å². The van der Waals surface area contributed by atoms with E-state index in [4.69, 9.17) is 11.6 Å². The van der Waals surface area contributed by atoms with E-state index >= 15 is 4.39 Å². The van der Waals surface area contributed by atoms with Crippen LogP contribution in [0.15, 0.2) is 54.7 Å². The topological polar surface area (TPSA) is 82.5 Å². The van der Waals surface area contributed by atoms with Crippen molar-refractivity contribution in [2.45, 2.75) is 49.9 Å². The molecule has 2 aliphatic rings. The van der Waals surface area contributed by atoms with Crippen LogP contribution < -0.4 is 10.2 Å². The summed E-state index contributed by atoms with van der Waals surface area (Å²) in [6.07, 6.45) is -5.07. The summed E-state index contributed by atoms with van der Waals surface area (Å²) in [5, 5.41) is 14.3. The number of hydrogen-bond donors (Lipinski definition) is 2. The van der Waals surface area contributed by atoms with Crippen LogP contribution in [0.25, 0.3) is 0 Å².